The summed E-state index contributed by atoms with van der Waals surface area (Å²) in [7, 11) is 0. The first-order valence-electron chi connectivity index (χ1n) is 9.17. The molecule has 3 nitrogen and oxygen atoms in total. The summed E-state index contributed by atoms with van der Waals surface area (Å²) in [5.74, 6) is 0. The van der Waals surface area contributed by atoms with Crippen LogP contribution in [-0.2, 0) is 11.8 Å². The highest BCUT2D eigenvalue weighted by Gasteiger charge is 2.51. The maximum atomic E-state index is 11.2. The van der Waals surface area contributed by atoms with E-state index in [2.05, 4.69) is 47.0 Å². The molecule has 0 radical (unpaired) electrons. The minimum absolute atomic E-state index is 0.0154. The lowest BCUT2D eigenvalue weighted by Crippen LogP contribution is -2.48. The lowest BCUT2D eigenvalue weighted by Gasteiger charge is -2.39. The van der Waals surface area contributed by atoms with E-state index in [1.165, 1.54) is 16.7 Å². The van der Waals surface area contributed by atoms with E-state index >= 15 is 0 Å². The molecule has 0 amide bonds. The van der Waals surface area contributed by atoms with Crippen molar-refractivity contribution >= 4 is 11.6 Å². The van der Waals surface area contributed by atoms with E-state index in [1.807, 2.05) is 12.1 Å². The summed E-state index contributed by atoms with van der Waals surface area (Å²) in [6.07, 6.45) is 2.57. The van der Waals surface area contributed by atoms with Gasteiger partial charge >= 0.3 is 0 Å². The summed E-state index contributed by atoms with van der Waals surface area (Å²) in [5, 5.41) is 19.0. The van der Waals surface area contributed by atoms with Gasteiger partial charge in [0.2, 0.25) is 0 Å². The summed E-state index contributed by atoms with van der Waals surface area (Å²) in [6.45, 7) is 2.79. The van der Waals surface area contributed by atoms with Gasteiger partial charge in [0.25, 0.3) is 0 Å². The normalized spacial score (nSPS) is 24.4. The second kappa shape index (κ2) is 7.08. The summed E-state index contributed by atoms with van der Waals surface area (Å²) in [5.41, 5.74) is 3.77. The molecule has 2 aliphatic rings. The van der Waals surface area contributed by atoms with E-state index in [4.69, 9.17) is 11.6 Å². The molecule has 1 aliphatic heterocycles. The zero-order chi connectivity index (χ0) is 17.3. The number of hydrogen-bond acceptors (Lipinski definition) is 3. The highest BCUT2D eigenvalue weighted by atomic mass is 35.5. The van der Waals surface area contributed by atoms with Crippen LogP contribution >= 0.6 is 11.6 Å². The van der Waals surface area contributed by atoms with E-state index in [-0.39, 0.29) is 17.6 Å². The number of benzene rings is 2. The van der Waals surface area contributed by atoms with Crippen LogP contribution in [0, 0.1) is 0 Å². The molecule has 1 fully saturated rings. The number of rotatable bonds is 4. The van der Waals surface area contributed by atoms with Crippen molar-refractivity contribution in [3.63, 3.8) is 0 Å². The van der Waals surface area contributed by atoms with Gasteiger partial charge in [-0.3, -0.25) is 0 Å². The maximum absolute atomic E-state index is 11.2. The Kier molecular flexibility index (Phi) is 4.83. The predicted molar refractivity (Wildman–Crippen MR) is 102 cm³/mol. The van der Waals surface area contributed by atoms with E-state index in [0.717, 1.165) is 43.9 Å². The summed E-state index contributed by atoms with van der Waals surface area (Å²) < 4.78 is 0. The Morgan fingerprint density at radius 3 is 2.56 bits per heavy atom. The van der Waals surface area contributed by atoms with Gasteiger partial charge in [0, 0.05) is 10.4 Å². The van der Waals surface area contributed by atoms with E-state index in [9.17, 15) is 5.11 Å². The van der Waals surface area contributed by atoms with Crippen LogP contribution in [0.4, 0.5) is 0 Å². The third-order valence-electron chi connectivity index (χ3n) is 5.90. The van der Waals surface area contributed by atoms with Crippen LogP contribution in [0.5, 0.6) is 0 Å². The molecule has 1 spiro atoms. The van der Waals surface area contributed by atoms with Crippen LogP contribution in [0.3, 0.4) is 0 Å². The average molecular weight is 357 g/mol. The van der Waals surface area contributed by atoms with Gasteiger partial charge in [-0.1, -0.05) is 48.0 Å². The highest BCUT2D eigenvalue weighted by molar-refractivity contribution is 6.30. The molecule has 0 saturated carbocycles. The first kappa shape index (κ1) is 17.0. The number of nitrogens with one attached hydrogen (secondary N) is 2. The SMILES string of the molecule is O[C@H]1[C@H](NCCc2ccc(Cl)cc2)c2ccccc2C12CCNCC2. The smallest absolute Gasteiger partial charge is 0.0832 e. The Morgan fingerprint density at radius 1 is 1.08 bits per heavy atom. The molecule has 2 aromatic carbocycles. The lowest BCUT2D eigenvalue weighted by atomic mass is 9.72. The molecular weight excluding hydrogens is 332 g/mol. The topological polar surface area (TPSA) is 44.3 Å². The van der Waals surface area contributed by atoms with E-state index < -0.39 is 0 Å². The standard InChI is InChI=1S/C21H25ClN2O/c22-16-7-5-15(6-8-16)9-12-24-19-17-3-1-2-4-18(17)21(20(19)25)10-13-23-14-11-21/h1-8,19-20,23-25H,9-14H2/t19-,20+/m1/s1. The molecule has 0 aromatic heterocycles. The van der Waals surface area contributed by atoms with Gasteiger partial charge in [-0.2, -0.15) is 0 Å². The van der Waals surface area contributed by atoms with E-state index in [0.29, 0.717) is 0 Å². The van der Waals surface area contributed by atoms with Gasteiger partial charge in [0.1, 0.15) is 0 Å². The minimum Gasteiger partial charge on any atom is -0.390 e. The summed E-state index contributed by atoms with van der Waals surface area (Å²) in [4.78, 5) is 0. The quantitative estimate of drug-likeness (QED) is 0.788. The number of halogens is 1. The van der Waals surface area contributed by atoms with Gasteiger partial charge in [-0.05, 0) is 67.7 Å². The molecule has 0 unspecified atom stereocenters. The van der Waals surface area contributed by atoms with Gasteiger partial charge in [0.05, 0.1) is 12.1 Å². The zero-order valence-electron chi connectivity index (χ0n) is 14.3. The molecule has 2 aromatic rings. The number of piperidine rings is 1. The second-order valence-electron chi connectivity index (χ2n) is 7.25. The minimum atomic E-state index is -0.364. The molecule has 2 atom stereocenters. The molecular formula is C21H25ClN2O. The fourth-order valence-corrected chi connectivity index (χ4v) is 4.68. The highest BCUT2D eigenvalue weighted by Crippen LogP contribution is 2.49. The van der Waals surface area contributed by atoms with Crippen molar-refractivity contribution in [1.82, 2.24) is 10.6 Å². The number of hydrogen-bond donors (Lipinski definition) is 3. The molecule has 25 heavy (non-hydrogen) atoms. The summed E-state index contributed by atoms with van der Waals surface area (Å²) >= 11 is 5.95. The third kappa shape index (κ3) is 3.11. The Balaban J connectivity index is 1.50. The average Bonchev–Trinajstić information content (AvgIpc) is 2.87. The van der Waals surface area contributed by atoms with Crippen molar-refractivity contribution in [2.24, 2.45) is 0 Å². The Bertz CT molecular complexity index is 725. The van der Waals surface area contributed by atoms with Crippen LogP contribution in [0.25, 0.3) is 0 Å². The Labute approximate surface area is 154 Å². The molecule has 132 valence electrons. The zero-order valence-corrected chi connectivity index (χ0v) is 15.1. The predicted octanol–water partition coefficient (Wildman–Crippen LogP) is 3.21. The van der Waals surface area contributed by atoms with Crippen molar-refractivity contribution in [2.75, 3.05) is 19.6 Å². The molecule has 1 aliphatic carbocycles. The molecule has 3 N–H and O–H groups in total. The first-order chi connectivity index (χ1) is 12.2. The number of fused-ring (bicyclic) bond motifs is 2. The molecule has 0 bridgehead atoms. The lowest BCUT2D eigenvalue weighted by molar-refractivity contribution is 0.0445. The van der Waals surface area contributed by atoms with Crippen molar-refractivity contribution < 1.29 is 5.11 Å². The second-order valence-corrected chi connectivity index (χ2v) is 7.68. The number of aliphatic hydroxyl groups is 1. The van der Waals surface area contributed by atoms with Gasteiger partial charge in [-0.25, -0.2) is 0 Å². The number of aliphatic hydroxyl groups excluding tert-OH is 1. The van der Waals surface area contributed by atoms with Gasteiger partial charge < -0.3 is 15.7 Å². The monoisotopic (exact) mass is 356 g/mol. The Morgan fingerprint density at radius 2 is 1.80 bits per heavy atom. The molecule has 4 heteroatoms. The van der Waals surface area contributed by atoms with Crippen molar-refractivity contribution in [3.8, 4) is 0 Å². The summed E-state index contributed by atoms with van der Waals surface area (Å²) in [6, 6.07) is 16.6. The Hall–Kier alpha value is -1.39. The van der Waals surface area contributed by atoms with Crippen LogP contribution in [0.15, 0.2) is 48.5 Å². The van der Waals surface area contributed by atoms with Crippen molar-refractivity contribution in [3.05, 3.63) is 70.2 Å². The fraction of sp³-hybridized carbons (Fsp3) is 0.429. The van der Waals surface area contributed by atoms with Crippen LogP contribution < -0.4 is 10.6 Å². The van der Waals surface area contributed by atoms with Gasteiger partial charge in [-0.15, -0.1) is 0 Å². The van der Waals surface area contributed by atoms with Crippen molar-refractivity contribution in [1.29, 1.82) is 0 Å². The maximum Gasteiger partial charge on any atom is 0.0832 e. The van der Waals surface area contributed by atoms with Gasteiger partial charge in [0.15, 0.2) is 0 Å². The van der Waals surface area contributed by atoms with E-state index in [1.54, 1.807) is 0 Å². The van der Waals surface area contributed by atoms with Crippen LogP contribution in [0.2, 0.25) is 5.02 Å². The molecule has 1 heterocycles. The first-order valence-corrected chi connectivity index (χ1v) is 9.54. The largest absolute Gasteiger partial charge is 0.390 e. The fourth-order valence-electron chi connectivity index (χ4n) is 4.55. The van der Waals surface area contributed by atoms with Crippen LogP contribution in [0.1, 0.15) is 35.6 Å². The molecule has 4 rings (SSSR count). The third-order valence-corrected chi connectivity index (χ3v) is 6.15. The molecule has 1 saturated heterocycles. The van der Waals surface area contributed by atoms with Crippen LogP contribution in [-0.4, -0.2) is 30.8 Å². The van der Waals surface area contributed by atoms with Crippen molar-refractivity contribution in [2.45, 2.75) is 36.8 Å².